The van der Waals surface area contributed by atoms with Crippen molar-refractivity contribution in [3.63, 3.8) is 0 Å². The largest absolute Gasteiger partial charge is 0.308 e. The van der Waals surface area contributed by atoms with Gasteiger partial charge >= 0.3 is 0 Å². The molecule has 4 nitrogen and oxygen atoms in total. The zero-order valence-electron chi connectivity index (χ0n) is 13.8. The van der Waals surface area contributed by atoms with Crippen molar-refractivity contribution in [2.24, 2.45) is 0 Å². The molecule has 1 N–H and O–H groups in total. The molecule has 4 heteroatoms. The minimum absolute atomic E-state index is 0.177. The molecule has 1 aliphatic heterocycles. The lowest BCUT2D eigenvalue weighted by molar-refractivity contribution is 0.0614. The van der Waals surface area contributed by atoms with Gasteiger partial charge < -0.3 is 5.32 Å². The van der Waals surface area contributed by atoms with Crippen LogP contribution in [0.1, 0.15) is 64.5 Å². The summed E-state index contributed by atoms with van der Waals surface area (Å²) in [5.74, 6) is 0. The smallest absolute Gasteiger partial charge is 0.115 e. The Bertz CT molecular complexity index is 397. The highest BCUT2D eigenvalue weighted by molar-refractivity contribution is 5.18. The molecule has 1 fully saturated rings. The summed E-state index contributed by atoms with van der Waals surface area (Å²) in [6.45, 7) is 10.4. The van der Waals surface area contributed by atoms with Crippen LogP contribution in [0.5, 0.6) is 0 Å². The molecule has 0 saturated carbocycles. The number of nitrogens with zero attached hydrogens (tertiary/aromatic N) is 3. The third-order valence-corrected chi connectivity index (χ3v) is 5.01. The Kier molecular flexibility index (Phi) is 6.12. The van der Waals surface area contributed by atoms with Gasteiger partial charge in [0, 0.05) is 23.5 Å². The lowest BCUT2D eigenvalue weighted by Crippen LogP contribution is -2.55. The van der Waals surface area contributed by atoms with E-state index in [0.717, 1.165) is 25.8 Å². The second kappa shape index (κ2) is 7.85. The first-order valence-corrected chi connectivity index (χ1v) is 8.51. The van der Waals surface area contributed by atoms with E-state index in [0.29, 0.717) is 6.04 Å². The zero-order valence-corrected chi connectivity index (χ0v) is 13.8. The molecule has 118 valence electrons. The topological polar surface area (TPSA) is 41.1 Å². The van der Waals surface area contributed by atoms with Crippen molar-refractivity contribution in [2.75, 3.05) is 19.6 Å². The lowest BCUT2D eigenvalue weighted by atomic mass is 9.79. The molecule has 21 heavy (non-hydrogen) atoms. The van der Waals surface area contributed by atoms with E-state index >= 15 is 0 Å². The van der Waals surface area contributed by atoms with Crippen LogP contribution in [-0.4, -0.2) is 40.0 Å². The van der Waals surface area contributed by atoms with Gasteiger partial charge in [0.05, 0.1) is 6.04 Å². The average molecular weight is 290 g/mol. The van der Waals surface area contributed by atoms with Crippen LogP contribution in [0.4, 0.5) is 0 Å². The third-order valence-electron chi connectivity index (χ3n) is 5.01. The first-order valence-electron chi connectivity index (χ1n) is 8.51. The van der Waals surface area contributed by atoms with Gasteiger partial charge in [0.25, 0.3) is 0 Å². The molecule has 2 rings (SSSR count). The zero-order chi connectivity index (χ0) is 15.1. The van der Waals surface area contributed by atoms with Gasteiger partial charge in [-0.25, -0.2) is 9.97 Å². The first-order chi connectivity index (χ1) is 10.3. The number of nitrogens with one attached hydrogen (secondary N) is 1. The maximum absolute atomic E-state index is 4.25. The van der Waals surface area contributed by atoms with E-state index in [1.165, 1.54) is 31.5 Å². The van der Waals surface area contributed by atoms with Gasteiger partial charge in [0.1, 0.15) is 6.33 Å². The van der Waals surface area contributed by atoms with E-state index in [1.807, 2.05) is 12.4 Å². The summed E-state index contributed by atoms with van der Waals surface area (Å²) in [6.07, 6.45) is 11.7. The van der Waals surface area contributed by atoms with Gasteiger partial charge in [-0.15, -0.1) is 0 Å². The van der Waals surface area contributed by atoms with Gasteiger partial charge in [0.15, 0.2) is 0 Å². The highest BCUT2D eigenvalue weighted by Gasteiger charge is 2.42. The van der Waals surface area contributed by atoms with E-state index in [1.54, 1.807) is 6.33 Å². The molecule has 0 amide bonds. The second-order valence-electron chi connectivity index (χ2n) is 6.06. The van der Waals surface area contributed by atoms with Crippen LogP contribution >= 0.6 is 0 Å². The Morgan fingerprint density at radius 1 is 1.14 bits per heavy atom. The number of aromatic nitrogens is 2. The summed E-state index contributed by atoms with van der Waals surface area (Å²) < 4.78 is 0. The van der Waals surface area contributed by atoms with Crippen LogP contribution in [0, 0.1) is 0 Å². The summed E-state index contributed by atoms with van der Waals surface area (Å²) in [6, 6.07) is 0.312. The van der Waals surface area contributed by atoms with Crippen molar-refractivity contribution in [3.8, 4) is 0 Å². The molecule has 0 spiro atoms. The van der Waals surface area contributed by atoms with E-state index in [9.17, 15) is 0 Å². The Morgan fingerprint density at radius 3 is 2.29 bits per heavy atom. The van der Waals surface area contributed by atoms with Crippen LogP contribution in [0.25, 0.3) is 0 Å². The minimum Gasteiger partial charge on any atom is -0.308 e. The van der Waals surface area contributed by atoms with Crippen molar-refractivity contribution in [3.05, 3.63) is 24.3 Å². The van der Waals surface area contributed by atoms with E-state index in [4.69, 9.17) is 0 Å². The molecule has 1 aromatic rings. The fourth-order valence-electron chi connectivity index (χ4n) is 3.82. The second-order valence-corrected chi connectivity index (χ2v) is 6.06. The van der Waals surface area contributed by atoms with Crippen molar-refractivity contribution in [2.45, 2.75) is 64.5 Å². The van der Waals surface area contributed by atoms with E-state index in [2.05, 4.69) is 41.0 Å². The summed E-state index contributed by atoms with van der Waals surface area (Å²) >= 11 is 0. The summed E-state index contributed by atoms with van der Waals surface area (Å²) in [5.41, 5.74) is 1.40. The standard InChI is InChI=1S/C17H30N4/c1-4-9-20-16(15-12-18-14-19-13-15)17(5-2,6-3)21-10-7-8-11-21/h12-14,16,20H,4-11H2,1-3H3. The molecule has 0 aromatic carbocycles. The van der Waals surface area contributed by atoms with Crippen LogP contribution in [0.3, 0.4) is 0 Å². The predicted octanol–water partition coefficient (Wildman–Crippen LogP) is 3.17. The molecule has 1 unspecified atom stereocenters. The molecule has 0 radical (unpaired) electrons. The number of likely N-dealkylation sites (tertiary alicyclic amines) is 1. The predicted molar refractivity (Wildman–Crippen MR) is 87.2 cm³/mol. The van der Waals surface area contributed by atoms with Gasteiger partial charge in [0.2, 0.25) is 0 Å². The monoisotopic (exact) mass is 290 g/mol. The highest BCUT2D eigenvalue weighted by atomic mass is 15.2. The van der Waals surface area contributed by atoms with Gasteiger partial charge in [-0.3, -0.25) is 4.90 Å². The van der Waals surface area contributed by atoms with Gasteiger partial charge in [-0.2, -0.15) is 0 Å². The van der Waals surface area contributed by atoms with Crippen LogP contribution in [0.15, 0.2) is 18.7 Å². The Morgan fingerprint density at radius 2 is 1.76 bits per heavy atom. The SMILES string of the molecule is CCCNC(c1cncnc1)C(CC)(CC)N1CCCC1. The fraction of sp³-hybridized carbons (Fsp3) is 0.765. The van der Waals surface area contributed by atoms with Crippen molar-refractivity contribution >= 4 is 0 Å². The summed E-state index contributed by atoms with van der Waals surface area (Å²) in [7, 11) is 0. The first kappa shape index (κ1) is 16.4. The number of hydrogen-bond acceptors (Lipinski definition) is 4. The number of hydrogen-bond donors (Lipinski definition) is 1. The van der Waals surface area contributed by atoms with E-state index in [-0.39, 0.29) is 5.54 Å². The maximum atomic E-state index is 4.25. The molecule has 2 heterocycles. The molecule has 1 saturated heterocycles. The molecule has 0 aliphatic carbocycles. The molecule has 0 bridgehead atoms. The van der Waals surface area contributed by atoms with Crippen molar-refractivity contribution in [1.82, 2.24) is 20.2 Å². The maximum Gasteiger partial charge on any atom is 0.115 e. The highest BCUT2D eigenvalue weighted by Crippen LogP contribution is 2.39. The van der Waals surface area contributed by atoms with Crippen LogP contribution in [-0.2, 0) is 0 Å². The van der Waals surface area contributed by atoms with Crippen LogP contribution < -0.4 is 5.32 Å². The van der Waals surface area contributed by atoms with Gasteiger partial charge in [-0.1, -0.05) is 20.8 Å². The minimum atomic E-state index is 0.177. The molecular formula is C17H30N4. The molecule has 1 atom stereocenters. The summed E-state index contributed by atoms with van der Waals surface area (Å²) in [5, 5.41) is 3.78. The molecular weight excluding hydrogens is 260 g/mol. The Balaban J connectivity index is 2.34. The fourth-order valence-corrected chi connectivity index (χ4v) is 3.82. The quantitative estimate of drug-likeness (QED) is 0.798. The Hall–Kier alpha value is -1.00. The Labute approximate surface area is 129 Å². The van der Waals surface area contributed by atoms with Crippen molar-refractivity contribution in [1.29, 1.82) is 0 Å². The normalized spacial score (nSPS) is 18.0. The third kappa shape index (κ3) is 3.43. The number of rotatable bonds is 8. The van der Waals surface area contributed by atoms with Crippen LogP contribution in [0.2, 0.25) is 0 Å². The average Bonchev–Trinajstić information content (AvgIpc) is 3.07. The van der Waals surface area contributed by atoms with Gasteiger partial charge in [-0.05, 0) is 51.7 Å². The lowest BCUT2D eigenvalue weighted by Gasteiger charge is -2.47. The van der Waals surface area contributed by atoms with E-state index < -0.39 is 0 Å². The summed E-state index contributed by atoms with van der Waals surface area (Å²) in [4.78, 5) is 11.2. The van der Waals surface area contributed by atoms with Crippen molar-refractivity contribution < 1.29 is 0 Å². The molecule has 1 aliphatic rings. The molecule has 1 aromatic heterocycles.